The molecule has 0 amide bonds. The molecular formula is C15H34N2O3. The molecule has 1 saturated heterocycles. The van der Waals surface area contributed by atoms with Crippen LogP contribution in [0.4, 0.5) is 0 Å². The summed E-state index contributed by atoms with van der Waals surface area (Å²) in [7, 11) is 0. The zero-order valence-electron chi connectivity index (χ0n) is 13.2. The molecule has 1 heterocycles. The fraction of sp³-hybridized carbons (Fsp3) is 1.00. The highest BCUT2D eigenvalue weighted by atomic mass is 16.7. The summed E-state index contributed by atoms with van der Waals surface area (Å²) in [6, 6.07) is 0. The van der Waals surface area contributed by atoms with Crippen molar-refractivity contribution in [2.45, 2.75) is 52.2 Å². The van der Waals surface area contributed by atoms with E-state index in [1.54, 1.807) is 0 Å². The van der Waals surface area contributed by atoms with Gasteiger partial charge in [-0.05, 0) is 57.0 Å². The van der Waals surface area contributed by atoms with Crippen molar-refractivity contribution in [3.8, 4) is 0 Å². The van der Waals surface area contributed by atoms with Crippen LogP contribution in [0.2, 0.25) is 0 Å². The summed E-state index contributed by atoms with van der Waals surface area (Å²) in [4.78, 5) is 0. The molecule has 3 atom stereocenters. The minimum absolute atomic E-state index is 0.0500. The zero-order chi connectivity index (χ0) is 15.2. The first-order valence-electron chi connectivity index (χ1n) is 7.88. The minimum atomic E-state index is 0.0500. The van der Waals surface area contributed by atoms with Crippen LogP contribution in [0.5, 0.6) is 0 Å². The molecule has 1 rings (SSSR count). The van der Waals surface area contributed by atoms with Crippen LogP contribution in [-0.4, -0.2) is 44.3 Å². The van der Waals surface area contributed by atoms with Gasteiger partial charge in [0.2, 0.25) is 0 Å². The lowest BCUT2D eigenvalue weighted by atomic mass is 10.1. The molecule has 122 valence electrons. The largest absolute Gasteiger partial charge is 0.396 e. The normalized spacial score (nSPS) is 21.8. The Morgan fingerprint density at radius 1 is 1.15 bits per heavy atom. The molecule has 0 bridgehead atoms. The lowest BCUT2D eigenvalue weighted by molar-refractivity contribution is -0.168. The Kier molecular flexibility index (Phi) is 13.6. The summed E-state index contributed by atoms with van der Waals surface area (Å²) in [6.45, 7) is 7.47. The molecule has 0 spiro atoms. The Bertz CT molecular complexity index is 200. The number of ether oxygens (including phenoxy) is 2. The van der Waals surface area contributed by atoms with Crippen molar-refractivity contribution in [1.29, 1.82) is 0 Å². The molecule has 5 N–H and O–H groups in total. The van der Waals surface area contributed by atoms with Crippen molar-refractivity contribution in [1.82, 2.24) is 0 Å². The van der Waals surface area contributed by atoms with Crippen LogP contribution in [0.25, 0.3) is 0 Å². The highest BCUT2D eigenvalue weighted by Gasteiger charge is 2.14. The summed E-state index contributed by atoms with van der Waals surface area (Å²) in [5.74, 6) is 0.931. The summed E-state index contributed by atoms with van der Waals surface area (Å²) in [5, 5.41) is 8.41. The van der Waals surface area contributed by atoms with Crippen molar-refractivity contribution < 1.29 is 14.6 Å². The molecule has 1 aliphatic heterocycles. The number of aliphatic hydroxyl groups is 1. The maximum atomic E-state index is 8.41. The first-order chi connectivity index (χ1) is 9.63. The van der Waals surface area contributed by atoms with E-state index in [2.05, 4.69) is 6.92 Å². The van der Waals surface area contributed by atoms with Crippen LogP contribution in [0, 0.1) is 11.8 Å². The van der Waals surface area contributed by atoms with Gasteiger partial charge in [-0.25, -0.2) is 0 Å². The van der Waals surface area contributed by atoms with Gasteiger partial charge in [-0.3, -0.25) is 0 Å². The molecule has 0 saturated carbocycles. The number of aliphatic hydroxyl groups excluding tert-OH is 1. The first kappa shape index (κ1) is 19.8. The third-order valence-corrected chi connectivity index (χ3v) is 3.34. The van der Waals surface area contributed by atoms with E-state index < -0.39 is 0 Å². The summed E-state index contributed by atoms with van der Waals surface area (Å²) in [5.41, 5.74) is 10.6. The van der Waals surface area contributed by atoms with E-state index in [9.17, 15) is 0 Å². The van der Waals surface area contributed by atoms with E-state index in [0.29, 0.717) is 18.4 Å². The Morgan fingerprint density at radius 2 is 1.80 bits per heavy atom. The Balaban J connectivity index is 0.000000441. The van der Waals surface area contributed by atoms with Crippen LogP contribution in [0.15, 0.2) is 0 Å². The van der Waals surface area contributed by atoms with Crippen LogP contribution < -0.4 is 11.5 Å². The van der Waals surface area contributed by atoms with Crippen molar-refractivity contribution >= 4 is 0 Å². The van der Waals surface area contributed by atoms with Crippen LogP contribution in [0.3, 0.4) is 0 Å². The summed E-state index contributed by atoms with van der Waals surface area (Å²) in [6.07, 6.45) is 5.47. The van der Waals surface area contributed by atoms with E-state index in [-0.39, 0.29) is 12.9 Å². The van der Waals surface area contributed by atoms with Crippen molar-refractivity contribution in [3.05, 3.63) is 0 Å². The second-order valence-corrected chi connectivity index (χ2v) is 5.68. The summed E-state index contributed by atoms with van der Waals surface area (Å²) >= 11 is 0. The molecule has 0 radical (unpaired) electrons. The fourth-order valence-electron chi connectivity index (χ4n) is 1.86. The van der Waals surface area contributed by atoms with Crippen molar-refractivity contribution in [2.24, 2.45) is 23.3 Å². The molecule has 1 unspecified atom stereocenters. The molecule has 0 aromatic heterocycles. The second kappa shape index (κ2) is 13.8. The van der Waals surface area contributed by atoms with E-state index in [0.717, 1.165) is 39.0 Å². The average Bonchev–Trinajstić information content (AvgIpc) is 2.47. The van der Waals surface area contributed by atoms with Gasteiger partial charge in [0.15, 0.2) is 6.29 Å². The van der Waals surface area contributed by atoms with Gasteiger partial charge in [-0.2, -0.15) is 0 Å². The van der Waals surface area contributed by atoms with Gasteiger partial charge in [0.25, 0.3) is 0 Å². The van der Waals surface area contributed by atoms with Gasteiger partial charge in [-0.1, -0.05) is 13.8 Å². The van der Waals surface area contributed by atoms with Gasteiger partial charge in [-0.15, -0.1) is 0 Å². The Labute approximate surface area is 124 Å². The SMILES string of the molecule is C[C@@H](CO)CCN.C[C@H](CCN)COC1CCCCO1. The fourth-order valence-corrected chi connectivity index (χ4v) is 1.86. The average molecular weight is 290 g/mol. The first-order valence-corrected chi connectivity index (χ1v) is 7.88. The maximum Gasteiger partial charge on any atom is 0.157 e. The molecule has 5 heteroatoms. The molecule has 1 aliphatic rings. The Morgan fingerprint density at radius 3 is 2.25 bits per heavy atom. The second-order valence-electron chi connectivity index (χ2n) is 5.68. The summed E-state index contributed by atoms with van der Waals surface area (Å²) < 4.78 is 11.1. The Hall–Kier alpha value is -0.200. The third kappa shape index (κ3) is 11.6. The third-order valence-electron chi connectivity index (χ3n) is 3.34. The van der Waals surface area contributed by atoms with E-state index in [4.69, 9.17) is 26.0 Å². The van der Waals surface area contributed by atoms with Crippen LogP contribution in [-0.2, 0) is 9.47 Å². The number of rotatable bonds is 8. The molecule has 0 aromatic rings. The van der Waals surface area contributed by atoms with Crippen molar-refractivity contribution in [3.63, 3.8) is 0 Å². The standard InChI is InChI=1S/C10H21NO2.C5H13NO/c1-9(5-6-11)8-13-10-4-2-3-7-12-10;1-5(4-7)2-3-6/h9-10H,2-8,11H2,1H3;5,7H,2-4,6H2,1H3/t9-,10?;5-/m11/s1. The quantitative estimate of drug-likeness (QED) is 0.630. The smallest absolute Gasteiger partial charge is 0.157 e. The lowest BCUT2D eigenvalue weighted by Crippen LogP contribution is -2.25. The number of hydrogen-bond acceptors (Lipinski definition) is 5. The highest BCUT2D eigenvalue weighted by Crippen LogP contribution is 2.15. The zero-order valence-corrected chi connectivity index (χ0v) is 13.2. The molecule has 5 nitrogen and oxygen atoms in total. The molecule has 0 aliphatic carbocycles. The molecule has 20 heavy (non-hydrogen) atoms. The van der Waals surface area contributed by atoms with Crippen LogP contribution in [0.1, 0.15) is 46.0 Å². The molecule has 0 aromatic carbocycles. The van der Waals surface area contributed by atoms with Gasteiger partial charge in [0.1, 0.15) is 0 Å². The van der Waals surface area contributed by atoms with E-state index in [1.165, 1.54) is 12.8 Å². The minimum Gasteiger partial charge on any atom is -0.396 e. The molecular weight excluding hydrogens is 256 g/mol. The lowest BCUT2D eigenvalue weighted by Gasteiger charge is -2.24. The van der Waals surface area contributed by atoms with Crippen LogP contribution >= 0.6 is 0 Å². The maximum absolute atomic E-state index is 8.41. The van der Waals surface area contributed by atoms with Gasteiger partial charge in [0, 0.05) is 13.2 Å². The number of hydrogen-bond donors (Lipinski definition) is 3. The topological polar surface area (TPSA) is 90.7 Å². The highest BCUT2D eigenvalue weighted by molar-refractivity contribution is 4.57. The predicted molar refractivity (Wildman–Crippen MR) is 82.3 cm³/mol. The van der Waals surface area contributed by atoms with Gasteiger partial charge >= 0.3 is 0 Å². The van der Waals surface area contributed by atoms with Gasteiger partial charge < -0.3 is 26.0 Å². The van der Waals surface area contributed by atoms with Gasteiger partial charge in [0.05, 0.1) is 6.61 Å². The van der Waals surface area contributed by atoms with Crippen molar-refractivity contribution in [2.75, 3.05) is 32.9 Å². The van der Waals surface area contributed by atoms with E-state index >= 15 is 0 Å². The van der Waals surface area contributed by atoms with E-state index in [1.807, 2.05) is 6.92 Å². The number of nitrogens with two attached hydrogens (primary N) is 2. The monoisotopic (exact) mass is 290 g/mol. The predicted octanol–water partition coefficient (Wildman–Crippen LogP) is 1.48. The molecule has 1 fully saturated rings.